The van der Waals surface area contributed by atoms with Crippen molar-refractivity contribution in [3.8, 4) is 22.5 Å². The highest BCUT2D eigenvalue weighted by Gasteiger charge is 2.09. The zero-order valence-electron chi connectivity index (χ0n) is 13.3. The fraction of sp³-hybridized carbons (Fsp3) is 0.0455. The van der Waals surface area contributed by atoms with Crippen LogP contribution < -0.4 is 0 Å². The molecule has 2 heteroatoms. The van der Waals surface area contributed by atoms with Crippen molar-refractivity contribution >= 4 is 22.4 Å². The summed E-state index contributed by atoms with van der Waals surface area (Å²) < 4.78 is 0. The summed E-state index contributed by atoms with van der Waals surface area (Å²) in [5.41, 5.74) is 5.42. The van der Waals surface area contributed by atoms with E-state index in [1.54, 1.807) is 0 Å². The van der Waals surface area contributed by atoms with Gasteiger partial charge in [0.1, 0.15) is 0 Å². The summed E-state index contributed by atoms with van der Waals surface area (Å²) in [6.45, 7) is 2.09. The Kier molecular flexibility index (Phi) is 3.79. The fourth-order valence-electron chi connectivity index (χ4n) is 2.90. The molecule has 0 atom stereocenters. The van der Waals surface area contributed by atoms with Gasteiger partial charge in [-0.05, 0) is 30.5 Å². The summed E-state index contributed by atoms with van der Waals surface area (Å²) in [5, 5.41) is 3.07. The number of fused-ring (bicyclic) bond motifs is 1. The van der Waals surface area contributed by atoms with Crippen molar-refractivity contribution in [2.24, 2.45) is 0 Å². The second-order valence-electron chi connectivity index (χ2n) is 5.95. The van der Waals surface area contributed by atoms with E-state index in [1.165, 1.54) is 10.9 Å². The molecule has 1 nitrogen and oxygen atoms in total. The molecule has 0 aliphatic carbocycles. The Morgan fingerprint density at radius 1 is 0.750 bits per heavy atom. The lowest BCUT2D eigenvalue weighted by molar-refractivity contribution is 1.34. The summed E-state index contributed by atoms with van der Waals surface area (Å²) in [7, 11) is 0. The van der Waals surface area contributed by atoms with Crippen LogP contribution in [-0.2, 0) is 0 Å². The molecule has 4 rings (SSSR count). The van der Waals surface area contributed by atoms with Crippen LogP contribution in [0.4, 0.5) is 0 Å². The minimum absolute atomic E-state index is 0.734. The van der Waals surface area contributed by atoms with Gasteiger partial charge < -0.3 is 0 Å². The Hall–Kier alpha value is -2.64. The van der Waals surface area contributed by atoms with Crippen molar-refractivity contribution in [3.05, 3.63) is 89.4 Å². The number of pyridine rings is 1. The number of aryl methyl sites for hydroxylation is 1. The van der Waals surface area contributed by atoms with Gasteiger partial charge in [0.15, 0.2) is 0 Å². The molecule has 4 aromatic rings. The summed E-state index contributed by atoms with van der Waals surface area (Å²) in [5.74, 6) is 0. The zero-order chi connectivity index (χ0) is 16.5. The molecule has 0 saturated carbocycles. The van der Waals surface area contributed by atoms with E-state index in [4.69, 9.17) is 16.6 Å². The van der Waals surface area contributed by atoms with E-state index in [-0.39, 0.29) is 0 Å². The van der Waals surface area contributed by atoms with Crippen molar-refractivity contribution in [1.82, 2.24) is 4.98 Å². The number of benzene rings is 3. The van der Waals surface area contributed by atoms with Crippen LogP contribution in [0.1, 0.15) is 5.56 Å². The quantitative estimate of drug-likeness (QED) is 0.407. The first-order valence-corrected chi connectivity index (χ1v) is 8.31. The standard InChI is InChI=1S/C22H16ClN/c1-15-6-8-16(9-7-15)21-14-18-4-2-3-5-20(18)22(24-21)17-10-12-19(23)13-11-17/h2-14H,1H3. The molecule has 0 saturated heterocycles. The highest BCUT2D eigenvalue weighted by molar-refractivity contribution is 6.30. The molecule has 0 aliphatic heterocycles. The van der Waals surface area contributed by atoms with Gasteiger partial charge in [0, 0.05) is 21.5 Å². The van der Waals surface area contributed by atoms with Crippen LogP contribution in [-0.4, -0.2) is 4.98 Å². The summed E-state index contributed by atoms with van der Waals surface area (Å²) >= 11 is 6.04. The third kappa shape index (κ3) is 2.79. The number of rotatable bonds is 2. The average Bonchev–Trinajstić information content (AvgIpc) is 2.62. The molecule has 1 aromatic heterocycles. The van der Waals surface area contributed by atoms with Gasteiger partial charge in [0.25, 0.3) is 0 Å². The predicted molar refractivity (Wildman–Crippen MR) is 102 cm³/mol. The highest BCUT2D eigenvalue weighted by atomic mass is 35.5. The van der Waals surface area contributed by atoms with Crippen molar-refractivity contribution in [2.75, 3.05) is 0 Å². The maximum Gasteiger partial charge on any atom is 0.0787 e. The van der Waals surface area contributed by atoms with Gasteiger partial charge in [-0.2, -0.15) is 0 Å². The normalized spacial score (nSPS) is 10.9. The topological polar surface area (TPSA) is 12.9 Å². The Labute approximate surface area is 146 Å². The minimum atomic E-state index is 0.734. The number of hydrogen-bond donors (Lipinski definition) is 0. The third-order valence-corrected chi connectivity index (χ3v) is 4.46. The molecule has 116 valence electrons. The van der Waals surface area contributed by atoms with Crippen molar-refractivity contribution in [2.45, 2.75) is 6.92 Å². The molecular formula is C22H16ClN. The van der Waals surface area contributed by atoms with Gasteiger partial charge in [-0.3, -0.25) is 0 Å². The van der Waals surface area contributed by atoms with Crippen LogP contribution in [0, 0.1) is 6.92 Å². The average molecular weight is 330 g/mol. The largest absolute Gasteiger partial charge is 0.247 e. The van der Waals surface area contributed by atoms with Crippen LogP contribution in [0.15, 0.2) is 78.9 Å². The molecular weight excluding hydrogens is 314 g/mol. The van der Waals surface area contributed by atoms with E-state index in [1.807, 2.05) is 24.3 Å². The Bertz CT molecular complexity index is 1000. The van der Waals surface area contributed by atoms with E-state index >= 15 is 0 Å². The first-order valence-electron chi connectivity index (χ1n) is 7.93. The van der Waals surface area contributed by atoms with Crippen LogP contribution in [0.2, 0.25) is 5.02 Å². The van der Waals surface area contributed by atoms with Gasteiger partial charge in [-0.15, -0.1) is 0 Å². The smallest absolute Gasteiger partial charge is 0.0787 e. The van der Waals surface area contributed by atoms with Gasteiger partial charge in [0.05, 0.1) is 11.4 Å². The molecule has 0 spiro atoms. The molecule has 24 heavy (non-hydrogen) atoms. The molecule has 0 N–H and O–H groups in total. The number of aromatic nitrogens is 1. The van der Waals surface area contributed by atoms with Crippen LogP contribution in [0.25, 0.3) is 33.3 Å². The van der Waals surface area contributed by atoms with E-state index in [0.717, 1.165) is 32.9 Å². The maximum absolute atomic E-state index is 6.04. The summed E-state index contributed by atoms with van der Waals surface area (Å²) in [6.07, 6.45) is 0. The molecule has 0 amide bonds. The Balaban J connectivity index is 1.97. The van der Waals surface area contributed by atoms with Gasteiger partial charge in [0.2, 0.25) is 0 Å². The molecule has 0 bridgehead atoms. The van der Waals surface area contributed by atoms with E-state index < -0.39 is 0 Å². The monoisotopic (exact) mass is 329 g/mol. The predicted octanol–water partition coefficient (Wildman–Crippen LogP) is 6.53. The van der Waals surface area contributed by atoms with Gasteiger partial charge >= 0.3 is 0 Å². The van der Waals surface area contributed by atoms with Gasteiger partial charge in [-0.1, -0.05) is 77.8 Å². The lowest BCUT2D eigenvalue weighted by Crippen LogP contribution is -1.91. The molecule has 1 heterocycles. The van der Waals surface area contributed by atoms with Gasteiger partial charge in [-0.25, -0.2) is 4.98 Å². The lowest BCUT2D eigenvalue weighted by Gasteiger charge is -2.10. The Morgan fingerprint density at radius 3 is 2.17 bits per heavy atom. The molecule has 0 fully saturated rings. The van der Waals surface area contributed by atoms with Crippen LogP contribution >= 0.6 is 11.6 Å². The number of nitrogens with zero attached hydrogens (tertiary/aromatic N) is 1. The minimum Gasteiger partial charge on any atom is -0.247 e. The second kappa shape index (κ2) is 6.10. The molecule has 0 radical (unpaired) electrons. The molecule has 0 unspecified atom stereocenters. The van der Waals surface area contributed by atoms with Crippen LogP contribution in [0.3, 0.4) is 0 Å². The molecule has 3 aromatic carbocycles. The van der Waals surface area contributed by atoms with Crippen LogP contribution in [0.5, 0.6) is 0 Å². The number of hydrogen-bond acceptors (Lipinski definition) is 1. The highest BCUT2D eigenvalue weighted by Crippen LogP contribution is 2.31. The maximum atomic E-state index is 6.04. The summed E-state index contributed by atoms with van der Waals surface area (Å²) in [4.78, 5) is 4.96. The van der Waals surface area contributed by atoms with Crippen molar-refractivity contribution in [3.63, 3.8) is 0 Å². The van der Waals surface area contributed by atoms with E-state index in [0.29, 0.717) is 0 Å². The third-order valence-electron chi connectivity index (χ3n) is 4.21. The first-order chi connectivity index (χ1) is 11.7. The lowest BCUT2D eigenvalue weighted by atomic mass is 10.0. The fourth-order valence-corrected chi connectivity index (χ4v) is 3.02. The van der Waals surface area contributed by atoms with Crippen molar-refractivity contribution < 1.29 is 0 Å². The van der Waals surface area contributed by atoms with Crippen molar-refractivity contribution in [1.29, 1.82) is 0 Å². The van der Waals surface area contributed by atoms with E-state index in [9.17, 15) is 0 Å². The summed E-state index contributed by atoms with van der Waals surface area (Å²) in [6, 6.07) is 26.9. The molecule has 0 aliphatic rings. The second-order valence-corrected chi connectivity index (χ2v) is 6.39. The zero-order valence-corrected chi connectivity index (χ0v) is 14.1. The Morgan fingerprint density at radius 2 is 1.42 bits per heavy atom. The first kappa shape index (κ1) is 14.9. The SMILES string of the molecule is Cc1ccc(-c2cc3ccccc3c(-c3ccc(Cl)cc3)n2)cc1. The van der Waals surface area contributed by atoms with E-state index in [2.05, 4.69) is 61.5 Å². The number of halogens is 1.